The fraction of sp³-hybridized carbons (Fsp3) is 0.375. The smallest absolute Gasteiger partial charge is 0.344 e. The highest BCUT2D eigenvalue weighted by Crippen LogP contribution is 2.26. The molecule has 3 aromatic heterocycles. The van der Waals surface area contributed by atoms with E-state index in [0.717, 1.165) is 67.4 Å². The van der Waals surface area contributed by atoms with Gasteiger partial charge in [-0.15, -0.1) is 0 Å². The van der Waals surface area contributed by atoms with E-state index in [1.807, 2.05) is 48.8 Å². The minimum absolute atomic E-state index is 0.346. The van der Waals surface area contributed by atoms with Crippen molar-refractivity contribution in [2.45, 2.75) is 13.8 Å². The Labute approximate surface area is 186 Å². The van der Waals surface area contributed by atoms with Crippen LogP contribution >= 0.6 is 0 Å². The minimum Gasteiger partial charge on any atom is -0.421 e. The van der Waals surface area contributed by atoms with Crippen molar-refractivity contribution < 1.29 is 9.15 Å². The van der Waals surface area contributed by atoms with Crippen LogP contribution < -0.4 is 10.5 Å². The molecule has 0 radical (unpaired) electrons. The van der Waals surface area contributed by atoms with Crippen molar-refractivity contribution in [1.29, 1.82) is 0 Å². The Morgan fingerprint density at radius 1 is 1.06 bits per heavy atom. The number of piperazine rings is 1. The zero-order chi connectivity index (χ0) is 22.2. The Bertz CT molecular complexity index is 1330. The summed E-state index contributed by atoms with van der Waals surface area (Å²) in [6.07, 6.45) is 3.79. The Hall–Kier alpha value is -3.23. The quantitative estimate of drug-likeness (QED) is 0.479. The molecule has 5 rings (SSSR count). The van der Waals surface area contributed by atoms with Gasteiger partial charge >= 0.3 is 5.63 Å². The lowest BCUT2D eigenvalue weighted by molar-refractivity contribution is 0.144. The van der Waals surface area contributed by atoms with Crippen molar-refractivity contribution in [2.24, 2.45) is 0 Å². The second-order valence-corrected chi connectivity index (χ2v) is 8.32. The number of imidazole rings is 1. The Kier molecular flexibility index (Phi) is 5.40. The van der Waals surface area contributed by atoms with E-state index in [4.69, 9.17) is 9.15 Å². The summed E-state index contributed by atoms with van der Waals surface area (Å²) in [7, 11) is 1.73. The van der Waals surface area contributed by atoms with E-state index in [1.54, 1.807) is 7.11 Å². The second-order valence-electron chi connectivity index (χ2n) is 8.32. The van der Waals surface area contributed by atoms with Crippen molar-refractivity contribution >= 4 is 22.1 Å². The van der Waals surface area contributed by atoms with Gasteiger partial charge in [-0.3, -0.25) is 9.88 Å². The van der Waals surface area contributed by atoms with E-state index < -0.39 is 0 Å². The molecule has 0 bridgehead atoms. The molecule has 0 N–H and O–H groups in total. The predicted molar refractivity (Wildman–Crippen MR) is 124 cm³/mol. The lowest BCUT2D eigenvalue weighted by Gasteiger charge is -2.36. The maximum Gasteiger partial charge on any atom is 0.344 e. The molecule has 8 nitrogen and oxygen atoms in total. The zero-order valence-corrected chi connectivity index (χ0v) is 18.7. The lowest BCUT2D eigenvalue weighted by atomic mass is 10.1. The molecule has 166 valence electrons. The number of hydrogen-bond acceptors (Lipinski definition) is 7. The zero-order valence-electron chi connectivity index (χ0n) is 18.7. The maximum absolute atomic E-state index is 12.9. The number of methoxy groups -OCH3 is 1. The maximum atomic E-state index is 12.9. The van der Waals surface area contributed by atoms with Gasteiger partial charge in [0.1, 0.15) is 5.69 Å². The van der Waals surface area contributed by atoms with Crippen LogP contribution in [0.15, 0.2) is 45.9 Å². The number of fused-ring (bicyclic) bond motifs is 2. The Balaban J connectivity index is 1.43. The van der Waals surface area contributed by atoms with E-state index in [-0.39, 0.29) is 5.63 Å². The molecule has 1 aliphatic heterocycles. The van der Waals surface area contributed by atoms with E-state index >= 15 is 0 Å². The van der Waals surface area contributed by atoms with Crippen molar-refractivity contribution in [1.82, 2.24) is 19.3 Å². The molecule has 0 spiro atoms. The molecule has 32 heavy (non-hydrogen) atoms. The summed E-state index contributed by atoms with van der Waals surface area (Å²) in [5, 5.41) is 1.44. The van der Waals surface area contributed by atoms with E-state index in [1.165, 1.54) is 0 Å². The number of nitrogens with zero attached hydrogens (tertiary/aromatic N) is 5. The summed E-state index contributed by atoms with van der Waals surface area (Å²) in [6.45, 7) is 9.38. The fourth-order valence-corrected chi connectivity index (χ4v) is 4.37. The first-order valence-corrected chi connectivity index (χ1v) is 10.9. The summed E-state index contributed by atoms with van der Waals surface area (Å²) in [5.41, 5.74) is 3.83. The summed E-state index contributed by atoms with van der Waals surface area (Å²) in [6, 6.07) is 7.91. The number of anilines is 1. The van der Waals surface area contributed by atoms with Crippen LogP contribution in [0.25, 0.3) is 27.9 Å². The summed E-state index contributed by atoms with van der Waals surface area (Å²) in [5.74, 6) is 0.461. The third-order valence-electron chi connectivity index (χ3n) is 6.07. The molecule has 4 aromatic rings. The molecular formula is C24H27N5O3. The molecule has 0 unspecified atom stereocenters. The van der Waals surface area contributed by atoms with E-state index in [2.05, 4.69) is 25.8 Å². The van der Waals surface area contributed by atoms with Gasteiger partial charge in [0.05, 0.1) is 23.4 Å². The van der Waals surface area contributed by atoms with Gasteiger partial charge in [0, 0.05) is 57.9 Å². The molecule has 0 saturated carbocycles. The highest BCUT2D eigenvalue weighted by atomic mass is 16.5. The molecule has 1 fully saturated rings. The highest BCUT2D eigenvalue weighted by Gasteiger charge is 2.18. The molecule has 0 aliphatic carbocycles. The SMILES string of the molecule is COCCN1CCN(c2ccc3cc(-c4cn5cc(C)nc(C)c5n4)oc(=O)c3c2)CC1. The largest absolute Gasteiger partial charge is 0.421 e. The number of hydrogen-bond donors (Lipinski definition) is 0. The predicted octanol–water partition coefficient (Wildman–Crippen LogP) is 2.89. The van der Waals surface area contributed by atoms with Crippen LogP contribution in [0.4, 0.5) is 5.69 Å². The van der Waals surface area contributed by atoms with E-state index in [0.29, 0.717) is 16.8 Å². The number of aryl methyl sites for hydroxylation is 2. The van der Waals surface area contributed by atoms with E-state index in [9.17, 15) is 4.79 Å². The van der Waals surface area contributed by atoms with Crippen LogP contribution in [0.1, 0.15) is 11.4 Å². The van der Waals surface area contributed by atoms with Crippen molar-refractivity contribution in [3.05, 3.63) is 58.5 Å². The lowest BCUT2D eigenvalue weighted by Crippen LogP contribution is -2.47. The average Bonchev–Trinajstić information content (AvgIpc) is 3.22. The van der Waals surface area contributed by atoms with Gasteiger partial charge in [0.25, 0.3) is 0 Å². The second kappa shape index (κ2) is 8.37. The Morgan fingerprint density at radius 2 is 1.88 bits per heavy atom. The van der Waals surface area contributed by atoms with Crippen LogP contribution in [0.2, 0.25) is 0 Å². The number of aromatic nitrogens is 3. The van der Waals surface area contributed by atoms with Crippen LogP contribution in [0, 0.1) is 13.8 Å². The number of rotatable bonds is 5. The van der Waals surface area contributed by atoms with Crippen LogP contribution in [-0.4, -0.2) is 65.7 Å². The molecule has 1 saturated heterocycles. The average molecular weight is 434 g/mol. The minimum atomic E-state index is -0.346. The first-order valence-electron chi connectivity index (χ1n) is 10.9. The third-order valence-corrected chi connectivity index (χ3v) is 6.07. The van der Waals surface area contributed by atoms with Gasteiger partial charge in [-0.2, -0.15) is 0 Å². The van der Waals surface area contributed by atoms with Gasteiger partial charge in [0.2, 0.25) is 0 Å². The van der Waals surface area contributed by atoms with Gasteiger partial charge in [-0.05, 0) is 37.4 Å². The van der Waals surface area contributed by atoms with Crippen LogP contribution in [0.3, 0.4) is 0 Å². The van der Waals surface area contributed by atoms with Crippen LogP contribution in [-0.2, 0) is 4.74 Å². The van der Waals surface area contributed by atoms with Gasteiger partial charge in [0.15, 0.2) is 11.4 Å². The first kappa shape index (κ1) is 20.7. The first-order chi connectivity index (χ1) is 15.5. The molecule has 1 aliphatic rings. The molecular weight excluding hydrogens is 406 g/mol. The number of ether oxygens (including phenoxy) is 1. The molecule has 0 atom stereocenters. The van der Waals surface area contributed by atoms with Crippen molar-refractivity contribution in [3.8, 4) is 11.5 Å². The topological polar surface area (TPSA) is 76.1 Å². The van der Waals surface area contributed by atoms with Gasteiger partial charge in [-0.25, -0.2) is 9.78 Å². The van der Waals surface area contributed by atoms with Gasteiger partial charge < -0.3 is 18.5 Å². The molecule has 4 heterocycles. The normalized spacial score (nSPS) is 15.2. The highest BCUT2D eigenvalue weighted by molar-refractivity contribution is 5.87. The monoisotopic (exact) mass is 433 g/mol. The summed E-state index contributed by atoms with van der Waals surface area (Å²) >= 11 is 0. The summed E-state index contributed by atoms with van der Waals surface area (Å²) in [4.78, 5) is 26.7. The van der Waals surface area contributed by atoms with Crippen molar-refractivity contribution in [3.63, 3.8) is 0 Å². The third kappa shape index (κ3) is 3.87. The molecule has 1 aromatic carbocycles. The van der Waals surface area contributed by atoms with Gasteiger partial charge in [-0.1, -0.05) is 6.07 Å². The molecule has 0 amide bonds. The summed E-state index contributed by atoms with van der Waals surface area (Å²) < 4.78 is 12.8. The van der Waals surface area contributed by atoms with Crippen LogP contribution in [0.5, 0.6) is 0 Å². The fourth-order valence-electron chi connectivity index (χ4n) is 4.37. The van der Waals surface area contributed by atoms with Crippen molar-refractivity contribution in [2.75, 3.05) is 51.3 Å². The standard InChI is InChI=1S/C24H27N5O3/c1-16-14-29-15-21(26-23(29)17(2)25-16)22-12-18-4-5-19(13-20(18)24(30)32-22)28-8-6-27(7-9-28)10-11-31-3/h4-5,12-15H,6-11H2,1-3H3. The molecule has 8 heteroatoms. The Morgan fingerprint density at radius 3 is 2.66 bits per heavy atom. The number of benzene rings is 1.